The number of nitrogens with two attached hydrogens (primary N) is 1. The third kappa shape index (κ3) is 2.22. The van der Waals surface area contributed by atoms with Crippen molar-refractivity contribution >= 4 is 0 Å². The number of aromatic nitrogens is 4. The van der Waals surface area contributed by atoms with Gasteiger partial charge in [-0.3, -0.25) is 4.98 Å². The molecule has 19 heavy (non-hydrogen) atoms. The Balaban J connectivity index is 1.92. The average molecular weight is 261 g/mol. The van der Waals surface area contributed by atoms with Gasteiger partial charge in [-0.2, -0.15) is 4.98 Å². The summed E-state index contributed by atoms with van der Waals surface area (Å²) in [5.74, 6) is 1.02. The van der Waals surface area contributed by atoms with Crippen molar-refractivity contribution < 1.29 is 9.26 Å². The van der Waals surface area contributed by atoms with Crippen molar-refractivity contribution in [3.8, 4) is 11.5 Å². The summed E-state index contributed by atoms with van der Waals surface area (Å²) in [6.45, 7) is 1.80. The maximum absolute atomic E-state index is 5.91. The molecule has 2 N–H and O–H groups in total. The number of hydrogen-bond acceptors (Lipinski definition) is 7. The van der Waals surface area contributed by atoms with Gasteiger partial charge in [-0.15, -0.1) is 0 Å². The molecular weight excluding hydrogens is 246 g/mol. The van der Waals surface area contributed by atoms with Crippen molar-refractivity contribution in [2.45, 2.75) is 18.3 Å². The second-order valence-electron chi connectivity index (χ2n) is 4.61. The molecular formula is C12H15N5O2. The van der Waals surface area contributed by atoms with E-state index in [1.54, 1.807) is 18.6 Å². The summed E-state index contributed by atoms with van der Waals surface area (Å²) in [6.07, 6.45) is 6.40. The predicted molar refractivity (Wildman–Crippen MR) is 66.1 cm³/mol. The molecule has 7 heteroatoms. The highest BCUT2D eigenvalue weighted by Gasteiger charge is 2.38. The summed E-state index contributed by atoms with van der Waals surface area (Å²) in [5, 5.41) is 3.97. The first-order valence-corrected chi connectivity index (χ1v) is 6.22. The molecule has 100 valence electrons. The van der Waals surface area contributed by atoms with E-state index >= 15 is 0 Å². The molecule has 1 aliphatic rings. The Morgan fingerprint density at radius 3 is 2.79 bits per heavy atom. The van der Waals surface area contributed by atoms with Gasteiger partial charge in [0.15, 0.2) is 0 Å². The van der Waals surface area contributed by atoms with Gasteiger partial charge in [0.1, 0.15) is 5.69 Å². The molecule has 0 aliphatic carbocycles. The summed E-state index contributed by atoms with van der Waals surface area (Å²) in [4.78, 5) is 12.6. The average Bonchev–Trinajstić information content (AvgIpc) is 2.99. The standard InChI is InChI=1S/C12H15N5O2/c13-8-12(1-5-18-6-2-12)11-16-10(17-19-11)9-7-14-3-4-15-9/h3-4,7H,1-2,5-6,8,13H2. The number of rotatable bonds is 3. The summed E-state index contributed by atoms with van der Waals surface area (Å²) in [7, 11) is 0. The van der Waals surface area contributed by atoms with Crippen LogP contribution in [0.3, 0.4) is 0 Å². The third-order valence-corrected chi connectivity index (χ3v) is 3.51. The summed E-state index contributed by atoms with van der Waals surface area (Å²) < 4.78 is 10.8. The van der Waals surface area contributed by atoms with Crippen LogP contribution < -0.4 is 5.73 Å². The lowest BCUT2D eigenvalue weighted by Crippen LogP contribution is -2.40. The molecule has 1 saturated heterocycles. The monoisotopic (exact) mass is 261 g/mol. The van der Waals surface area contributed by atoms with E-state index in [2.05, 4.69) is 20.1 Å². The predicted octanol–water partition coefficient (Wildman–Crippen LogP) is 0.533. The summed E-state index contributed by atoms with van der Waals surface area (Å²) in [5.41, 5.74) is 6.23. The Labute approximate surface area is 110 Å². The zero-order valence-corrected chi connectivity index (χ0v) is 10.5. The first-order valence-electron chi connectivity index (χ1n) is 6.22. The van der Waals surface area contributed by atoms with Gasteiger partial charge in [0, 0.05) is 32.2 Å². The maximum Gasteiger partial charge on any atom is 0.234 e. The molecule has 0 spiro atoms. The van der Waals surface area contributed by atoms with Gasteiger partial charge < -0.3 is 15.0 Å². The Bertz CT molecular complexity index is 536. The molecule has 2 aromatic rings. The molecule has 0 radical (unpaired) electrons. The maximum atomic E-state index is 5.91. The molecule has 3 rings (SSSR count). The molecule has 3 heterocycles. The Hall–Kier alpha value is -1.86. The molecule has 7 nitrogen and oxygen atoms in total. The first kappa shape index (κ1) is 12.2. The minimum absolute atomic E-state index is 0.272. The molecule has 0 saturated carbocycles. The fourth-order valence-electron chi connectivity index (χ4n) is 2.22. The fraction of sp³-hybridized carbons (Fsp3) is 0.500. The molecule has 0 amide bonds. The Morgan fingerprint density at radius 1 is 1.26 bits per heavy atom. The normalized spacial score (nSPS) is 18.4. The van der Waals surface area contributed by atoms with Gasteiger partial charge in [0.2, 0.25) is 11.7 Å². The van der Waals surface area contributed by atoms with E-state index < -0.39 is 0 Å². The van der Waals surface area contributed by atoms with Crippen molar-refractivity contribution in [3.05, 3.63) is 24.5 Å². The van der Waals surface area contributed by atoms with Crippen LogP contribution in [0.4, 0.5) is 0 Å². The van der Waals surface area contributed by atoms with Gasteiger partial charge in [0.05, 0.1) is 11.6 Å². The van der Waals surface area contributed by atoms with Crippen molar-refractivity contribution in [1.29, 1.82) is 0 Å². The molecule has 0 aromatic carbocycles. The largest absolute Gasteiger partial charge is 0.381 e. The fourth-order valence-corrected chi connectivity index (χ4v) is 2.22. The van der Waals surface area contributed by atoms with Crippen LogP contribution in [0, 0.1) is 0 Å². The van der Waals surface area contributed by atoms with Crippen LogP contribution in [0.1, 0.15) is 18.7 Å². The van der Waals surface area contributed by atoms with Crippen LogP contribution in [-0.4, -0.2) is 39.9 Å². The van der Waals surface area contributed by atoms with Crippen LogP contribution in [0.25, 0.3) is 11.5 Å². The van der Waals surface area contributed by atoms with E-state index in [0.29, 0.717) is 37.2 Å². The van der Waals surface area contributed by atoms with E-state index in [1.165, 1.54) is 0 Å². The smallest absolute Gasteiger partial charge is 0.234 e. The van der Waals surface area contributed by atoms with Crippen molar-refractivity contribution in [3.63, 3.8) is 0 Å². The SMILES string of the molecule is NCC1(c2nc(-c3cnccn3)no2)CCOCC1. The lowest BCUT2D eigenvalue weighted by Gasteiger charge is -2.32. The van der Waals surface area contributed by atoms with Crippen molar-refractivity contribution in [2.24, 2.45) is 5.73 Å². The quantitative estimate of drug-likeness (QED) is 0.860. The van der Waals surface area contributed by atoms with Gasteiger partial charge in [0.25, 0.3) is 0 Å². The second-order valence-corrected chi connectivity index (χ2v) is 4.61. The van der Waals surface area contributed by atoms with Crippen molar-refractivity contribution in [1.82, 2.24) is 20.1 Å². The van der Waals surface area contributed by atoms with Gasteiger partial charge in [-0.25, -0.2) is 4.98 Å². The van der Waals surface area contributed by atoms with E-state index in [-0.39, 0.29) is 5.41 Å². The van der Waals surface area contributed by atoms with Gasteiger partial charge in [-0.05, 0) is 12.8 Å². The van der Waals surface area contributed by atoms with Crippen LogP contribution >= 0.6 is 0 Å². The zero-order valence-electron chi connectivity index (χ0n) is 10.5. The third-order valence-electron chi connectivity index (χ3n) is 3.51. The van der Waals surface area contributed by atoms with Crippen LogP contribution in [0.5, 0.6) is 0 Å². The first-order chi connectivity index (χ1) is 9.34. The lowest BCUT2D eigenvalue weighted by atomic mass is 9.80. The van der Waals surface area contributed by atoms with Gasteiger partial charge in [-0.1, -0.05) is 5.16 Å². The summed E-state index contributed by atoms with van der Waals surface area (Å²) in [6, 6.07) is 0. The lowest BCUT2D eigenvalue weighted by molar-refractivity contribution is 0.0409. The van der Waals surface area contributed by atoms with Crippen molar-refractivity contribution in [2.75, 3.05) is 19.8 Å². The highest BCUT2D eigenvalue weighted by molar-refractivity contribution is 5.45. The van der Waals surface area contributed by atoms with Crippen LogP contribution in [-0.2, 0) is 10.2 Å². The topological polar surface area (TPSA) is 100.0 Å². The minimum Gasteiger partial charge on any atom is -0.381 e. The van der Waals surface area contributed by atoms with Crippen LogP contribution in [0.15, 0.2) is 23.1 Å². The number of nitrogens with zero attached hydrogens (tertiary/aromatic N) is 4. The molecule has 0 unspecified atom stereocenters. The summed E-state index contributed by atoms with van der Waals surface area (Å²) >= 11 is 0. The van der Waals surface area contributed by atoms with E-state index in [0.717, 1.165) is 12.8 Å². The molecule has 0 bridgehead atoms. The zero-order chi connectivity index (χ0) is 13.1. The van der Waals surface area contributed by atoms with Gasteiger partial charge >= 0.3 is 0 Å². The molecule has 1 aliphatic heterocycles. The minimum atomic E-state index is -0.272. The van der Waals surface area contributed by atoms with E-state index in [9.17, 15) is 0 Å². The molecule has 1 fully saturated rings. The Morgan fingerprint density at radius 2 is 2.11 bits per heavy atom. The van der Waals surface area contributed by atoms with Crippen LogP contribution in [0.2, 0.25) is 0 Å². The molecule has 0 atom stereocenters. The number of hydrogen-bond donors (Lipinski definition) is 1. The Kier molecular flexibility index (Phi) is 3.22. The number of ether oxygens (including phenoxy) is 1. The highest BCUT2D eigenvalue weighted by atomic mass is 16.5. The molecule has 2 aromatic heterocycles. The second kappa shape index (κ2) is 5.02. The van der Waals surface area contributed by atoms with E-state index in [1.807, 2.05) is 0 Å². The van der Waals surface area contributed by atoms with E-state index in [4.69, 9.17) is 15.0 Å². The highest BCUT2D eigenvalue weighted by Crippen LogP contribution is 2.33.